The summed E-state index contributed by atoms with van der Waals surface area (Å²) in [4.78, 5) is 20.8. The molecule has 1 aromatic rings. The Kier molecular flexibility index (Phi) is 4.24. The third-order valence-corrected chi connectivity index (χ3v) is 2.60. The molecular formula is C8H10N6O4S. The van der Waals surface area contributed by atoms with Crippen LogP contribution in [0.15, 0.2) is 22.3 Å². The molecule has 0 bridgehead atoms. The fourth-order valence-corrected chi connectivity index (χ4v) is 1.33. The molecule has 0 atom stereocenters. The van der Waals surface area contributed by atoms with Gasteiger partial charge in [0.2, 0.25) is 21.8 Å². The number of anilines is 1. The minimum atomic E-state index is -3.87. The Bertz CT molecular complexity index is 636. The zero-order chi connectivity index (χ0) is 14.6. The number of carboxylic acids is 1. The zero-order valence-corrected chi connectivity index (χ0v) is 10.5. The number of hydrogen-bond acceptors (Lipinski definition) is 6. The van der Waals surface area contributed by atoms with Crippen LogP contribution in [0.25, 0.3) is 0 Å². The summed E-state index contributed by atoms with van der Waals surface area (Å²) in [5.41, 5.74) is 0. The number of carbonyl (C=O) groups is 1. The van der Waals surface area contributed by atoms with Crippen molar-refractivity contribution >= 4 is 33.6 Å². The number of carboxylic acid groups (broad SMARTS) is 1. The van der Waals surface area contributed by atoms with Crippen molar-refractivity contribution in [2.75, 3.05) is 5.32 Å². The van der Waals surface area contributed by atoms with Crippen molar-refractivity contribution in [3.05, 3.63) is 12.4 Å². The third-order valence-electron chi connectivity index (χ3n) is 1.73. The molecule has 0 amide bonds. The van der Waals surface area contributed by atoms with Gasteiger partial charge in [-0.25, -0.2) is 33.3 Å². The monoisotopic (exact) mass is 286 g/mol. The molecule has 1 aromatic heterocycles. The molecule has 19 heavy (non-hydrogen) atoms. The summed E-state index contributed by atoms with van der Waals surface area (Å²) in [5.74, 6) is -2.28. The summed E-state index contributed by atoms with van der Waals surface area (Å²) in [5, 5.41) is 22.8. The number of primary sulfonamides is 1. The van der Waals surface area contributed by atoms with E-state index in [2.05, 4.69) is 20.3 Å². The smallest absolute Gasteiger partial charge is 0.373 e. The topological polar surface area (TPSA) is 171 Å². The number of aliphatic carboxylic acids is 1. The molecule has 5 N–H and O–H groups in total. The first-order valence-corrected chi connectivity index (χ1v) is 6.24. The molecular weight excluding hydrogens is 276 g/mol. The number of sulfonamides is 1. The first kappa shape index (κ1) is 14.7. The fourth-order valence-electron chi connectivity index (χ4n) is 0.933. The molecule has 0 spiro atoms. The molecule has 0 aromatic carbocycles. The van der Waals surface area contributed by atoms with Gasteiger partial charge in [-0.1, -0.05) is 0 Å². The average molecular weight is 286 g/mol. The Labute approximate surface area is 108 Å². The van der Waals surface area contributed by atoms with Crippen LogP contribution in [0.1, 0.15) is 6.92 Å². The van der Waals surface area contributed by atoms with E-state index in [0.29, 0.717) is 0 Å². The summed E-state index contributed by atoms with van der Waals surface area (Å²) in [6.45, 7) is 1.40. The highest BCUT2D eigenvalue weighted by Gasteiger charge is 2.09. The van der Waals surface area contributed by atoms with Gasteiger partial charge < -0.3 is 10.4 Å². The Hall–Kier alpha value is -2.40. The highest BCUT2D eigenvalue weighted by molar-refractivity contribution is 7.89. The summed E-state index contributed by atoms with van der Waals surface area (Å²) < 4.78 is 21.9. The predicted octanol–water partition coefficient (Wildman–Crippen LogP) is -0.984. The van der Waals surface area contributed by atoms with Crippen molar-refractivity contribution in [1.29, 1.82) is 5.41 Å². The average Bonchev–Trinajstić information content (AvgIpc) is 2.28. The van der Waals surface area contributed by atoms with E-state index in [9.17, 15) is 13.2 Å². The molecule has 0 saturated carbocycles. The van der Waals surface area contributed by atoms with Gasteiger partial charge in [-0.05, 0) is 6.92 Å². The van der Waals surface area contributed by atoms with E-state index >= 15 is 0 Å². The molecule has 102 valence electrons. The van der Waals surface area contributed by atoms with Crippen LogP contribution < -0.4 is 10.5 Å². The van der Waals surface area contributed by atoms with Gasteiger partial charge in [0.05, 0.1) is 12.4 Å². The molecule has 0 saturated heterocycles. The maximum Gasteiger partial charge on any atom is 0.373 e. The fraction of sp³-hybridized carbons (Fsp3) is 0.125. The molecule has 1 rings (SSSR count). The summed E-state index contributed by atoms with van der Waals surface area (Å²) in [6, 6.07) is 0. The Morgan fingerprint density at radius 1 is 1.47 bits per heavy atom. The number of aliphatic imine (C=N–C) groups is 1. The van der Waals surface area contributed by atoms with E-state index in [4.69, 9.17) is 15.7 Å². The molecule has 10 nitrogen and oxygen atoms in total. The number of nitrogens with one attached hydrogen (secondary N) is 2. The van der Waals surface area contributed by atoms with Gasteiger partial charge >= 0.3 is 5.97 Å². The number of hydrogen-bond donors (Lipinski definition) is 4. The first-order valence-electron chi connectivity index (χ1n) is 4.69. The van der Waals surface area contributed by atoms with Gasteiger partial charge in [-0.15, -0.1) is 0 Å². The molecule has 11 heteroatoms. The van der Waals surface area contributed by atoms with E-state index in [1.54, 1.807) is 0 Å². The van der Waals surface area contributed by atoms with Gasteiger partial charge in [0.1, 0.15) is 10.7 Å². The van der Waals surface area contributed by atoms with Crippen molar-refractivity contribution in [3.63, 3.8) is 0 Å². The number of rotatable bonds is 2. The molecule has 0 unspecified atom stereocenters. The van der Waals surface area contributed by atoms with Crippen LogP contribution in [0.5, 0.6) is 0 Å². The van der Waals surface area contributed by atoms with Crippen molar-refractivity contribution in [1.82, 2.24) is 9.97 Å². The van der Waals surface area contributed by atoms with Gasteiger partial charge in [0, 0.05) is 0 Å². The second kappa shape index (κ2) is 5.49. The van der Waals surface area contributed by atoms with Gasteiger partial charge in [-0.2, -0.15) is 0 Å². The van der Waals surface area contributed by atoms with Crippen molar-refractivity contribution < 1.29 is 18.3 Å². The molecule has 1 heterocycles. The normalized spacial score (nSPS) is 12.0. The number of nitrogens with two attached hydrogens (primary N) is 1. The Morgan fingerprint density at radius 3 is 2.42 bits per heavy atom. The molecule has 0 fully saturated rings. The van der Waals surface area contributed by atoms with Crippen LogP contribution in [0.4, 0.5) is 5.95 Å². The lowest BCUT2D eigenvalue weighted by molar-refractivity contribution is -0.129. The maximum absolute atomic E-state index is 10.9. The van der Waals surface area contributed by atoms with Gasteiger partial charge in [0.25, 0.3) is 0 Å². The van der Waals surface area contributed by atoms with Crippen LogP contribution in [-0.2, 0) is 14.8 Å². The quantitative estimate of drug-likeness (QED) is 0.399. The minimum Gasteiger partial charge on any atom is -0.475 e. The lowest BCUT2D eigenvalue weighted by Gasteiger charge is -2.03. The van der Waals surface area contributed by atoms with E-state index in [1.807, 2.05) is 0 Å². The number of nitrogens with zero attached hydrogens (tertiary/aromatic N) is 3. The second-order valence-electron chi connectivity index (χ2n) is 3.26. The third kappa shape index (κ3) is 4.40. The second-order valence-corrected chi connectivity index (χ2v) is 4.82. The van der Waals surface area contributed by atoms with Crippen molar-refractivity contribution in [2.45, 2.75) is 11.8 Å². The summed E-state index contributed by atoms with van der Waals surface area (Å²) in [7, 11) is -3.87. The minimum absolute atomic E-state index is 0.00756. The molecule has 0 aliphatic heterocycles. The molecule has 0 aliphatic carbocycles. The van der Waals surface area contributed by atoms with Gasteiger partial charge in [-0.3, -0.25) is 5.41 Å². The SMILES string of the molecule is C/C(=N/C(=N)C(=O)O)Nc1ncc(S(N)(=O)=O)cn1. The molecule has 0 aliphatic rings. The van der Waals surface area contributed by atoms with Crippen LogP contribution in [0.3, 0.4) is 0 Å². The van der Waals surface area contributed by atoms with E-state index < -0.39 is 21.8 Å². The van der Waals surface area contributed by atoms with Crippen LogP contribution in [0, 0.1) is 5.41 Å². The Morgan fingerprint density at radius 2 is 2.00 bits per heavy atom. The zero-order valence-electron chi connectivity index (χ0n) is 9.65. The molecule has 0 radical (unpaired) electrons. The van der Waals surface area contributed by atoms with Crippen LogP contribution >= 0.6 is 0 Å². The highest BCUT2D eigenvalue weighted by Crippen LogP contribution is 2.04. The van der Waals surface area contributed by atoms with Crippen molar-refractivity contribution in [3.8, 4) is 0 Å². The number of aromatic nitrogens is 2. The highest BCUT2D eigenvalue weighted by atomic mass is 32.2. The predicted molar refractivity (Wildman–Crippen MR) is 65.5 cm³/mol. The van der Waals surface area contributed by atoms with E-state index in [1.165, 1.54) is 6.92 Å². The standard InChI is InChI=1S/C8H10N6O4S/c1-4(13-6(9)7(15)16)14-8-11-2-5(3-12-8)19(10,17)18/h2-3H,1H3,(H,15,16)(H2,10,17,18)(H2,9,11,12,13,14). The van der Waals surface area contributed by atoms with E-state index in [0.717, 1.165) is 12.4 Å². The maximum atomic E-state index is 10.9. The van der Waals surface area contributed by atoms with Gasteiger partial charge in [0.15, 0.2) is 0 Å². The summed E-state index contributed by atoms with van der Waals surface area (Å²) in [6.07, 6.45) is 1.97. The largest absolute Gasteiger partial charge is 0.475 e. The summed E-state index contributed by atoms with van der Waals surface area (Å²) >= 11 is 0. The van der Waals surface area contributed by atoms with Crippen LogP contribution in [-0.4, -0.2) is 41.1 Å². The Balaban J connectivity index is 2.85. The van der Waals surface area contributed by atoms with Crippen molar-refractivity contribution in [2.24, 2.45) is 10.1 Å². The number of amidine groups is 2. The van der Waals surface area contributed by atoms with Crippen LogP contribution in [0.2, 0.25) is 0 Å². The first-order chi connectivity index (χ1) is 8.70. The van der Waals surface area contributed by atoms with E-state index in [-0.39, 0.29) is 16.7 Å². The lowest BCUT2D eigenvalue weighted by Crippen LogP contribution is -2.17. The lowest BCUT2D eigenvalue weighted by atomic mass is 10.5.